The van der Waals surface area contributed by atoms with Crippen LogP contribution in [-0.2, 0) is 38.9 Å². The monoisotopic (exact) mass is 2110 g/mol. The number of para-hydroxylation sites is 2. The van der Waals surface area contributed by atoms with E-state index in [1.54, 1.807) is 114 Å². The summed E-state index contributed by atoms with van der Waals surface area (Å²) in [6.45, 7) is 14.8. The molecule has 0 unspecified atom stereocenters. The van der Waals surface area contributed by atoms with Crippen molar-refractivity contribution in [3.05, 3.63) is 266 Å². The van der Waals surface area contributed by atoms with Gasteiger partial charge < -0.3 is 128 Å². The predicted octanol–water partition coefficient (Wildman–Crippen LogP) is 11.6. The second-order valence-electron chi connectivity index (χ2n) is 30.1. The number of guanidine groups is 15. The van der Waals surface area contributed by atoms with E-state index in [4.69, 9.17) is 225 Å². The van der Waals surface area contributed by atoms with Crippen LogP contribution in [0.25, 0.3) is 0 Å². The minimum absolute atomic E-state index is 0.0295. The Morgan fingerprint density at radius 3 is 1.12 bits per heavy atom. The molecule has 0 heterocycles. The molecule has 0 fully saturated rings. The topological polar surface area (TPSA) is 694 Å². The van der Waals surface area contributed by atoms with Gasteiger partial charge in [0.05, 0.1) is 54.6 Å². The Morgan fingerprint density at radius 2 is 0.683 bits per heavy atom. The summed E-state index contributed by atoms with van der Waals surface area (Å²) in [5.74, 6) is 2.64. The number of anilines is 1. The molecule has 0 bridgehead atoms. The second kappa shape index (κ2) is 67.9. The average molecular weight is 2110 g/mol. The van der Waals surface area contributed by atoms with E-state index in [0.717, 1.165) is 55.5 Å². The van der Waals surface area contributed by atoms with E-state index in [-0.39, 0.29) is 83.6 Å². The van der Waals surface area contributed by atoms with Crippen LogP contribution in [0.2, 0.25) is 50.2 Å². The molecule has 0 aromatic heterocycles. The maximum atomic E-state index is 7.91. The highest BCUT2D eigenvalue weighted by atomic mass is 35.5. The number of nitrogens with zero attached hydrogens (tertiary/aromatic N) is 20. The first-order valence-corrected chi connectivity index (χ1v) is 45.7. The highest BCUT2D eigenvalue weighted by Gasteiger charge is 2.14. The van der Waals surface area contributed by atoms with E-state index in [1.807, 2.05) is 169 Å². The lowest BCUT2D eigenvalue weighted by atomic mass is 10.1. The van der Waals surface area contributed by atoms with Crippen molar-refractivity contribution in [1.29, 1.82) is 5.41 Å². The molecule has 0 atom stereocenters. The largest absolute Gasteiger partial charge is 0.387 e. The van der Waals surface area contributed by atoms with Gasteiger partial charge in [-0.1, -0.05) is 239 Å². The van der Waals surface area contributed by atoms with E-state index in [1.165, 1.54) is 0 Å². The van der Waals surface area contributed by atoms with Gasteiger partial charge in [-0.2, -0.15) is 34.9 Å². The molecule has 0 aliphatic rings. The molecule has 49 heteroatoms. The summed E-state index contributed by atoms with van der Waals surface area (Å²) in [6.07, 6.45) is 2.88. The van der Waals surface area contributed by atoms with Gasteiger partial charge in [0.15, 0.2) is 35.8 Å². The molecule has 0 radical (unpaired) electrons. The highest BCUT2D eigenvalue weighted by molar-refractivity contribution is 6.42. The summed E-state index contributed by atoms with van der Waals surface area (Å²) >= 11 is 59.5. The summed E-state index contributed by atoms with van der Waals surface area (Å²) in [5.41, 5.74) is 106. The number of halogens is 10. The molecule has 0 aliphatic carbocycles. The fourth-order valence-corrected chi connectivity index (χ4v) is 11.8. The van der Waals surface area contributed by atoms with Crippen molar-refractivity contribution in [3.63, 3.8) is 0 Å². The van der Waals surface area contributed by atoms with Crippen molar-refractivity contribution in [3.8, 4) is 0 Å². The van der Waals surface area contributed by atoms with Crippen LogP contribution >= 0.6 is 116 Å². The number of hydrogen-bond donors (Lipinski definition) is 19. The summed E-state index contributed by atoms with van der Waals surface area (Å²) in [5, 5.41) is 13.9. The van der Waals surface area contributed by atoms with Crippen LogP contribution in [0, 0.1) is 11.3 Å². The number of likely N-dealkylation sites (N-methyl/N-ethyl adjacent to an activating group) is 1. The zero-order valence-corrected chi connectivity index (χ0v) is 87.3. The van der Waals surface area contributed by atoms with Crippen LogP contribution in [0.4, 0.5) is 11.4 Å². The van der Waals surface area contributed by atoms with Crippen LogP contribution in [0.3, 0.4) is 0 Å². The number of aliphatic imine (C=N–C) groups is 15. The normalized spacial score (nSPS) is 12.1. The van der Waals surface area contributed by atoms with Crippen molar-refractivity contribution in [2.75, 3.05) is 73.9 Å². The molecule has 39 nitrogen and oxygen atoms in total. The number of amidine groups is 1. The van der Waals surface area contributed by atoms with Crippen LogP contribution in [0.1, 0.15) is 81.3 Å². The summed E-state index contributed by atoms with van der Waals surface area (Å²) in [6, 6.07) is 55.5. The fourth-order valence-electron chi connectivity index (χ4n) is 9.83. The first-order chi connectivity index (χ1) is 65.3. The van der Waals surface area contributed by atoms with Gasteiger partial charge in [-0.05, 0) is 159 Å². The van der Waals surface area contributed by atoms with Gasteiger partial charge in [0.2, 0.25) is 53.6 Å². The van der Waals surface area contributed by atoms with Crippen molar-refractivity contribution < 1.29 is 0 Å². The van der Waals surface area contributed by atoms with Gasteiger partial charge in [-0.15, -0.1) is 0 Å². The maximum Gasteiger partial charge on any atom is 0.223 e. The Balaban J connectivity index is 0.000000796. The Bertz CT molecular complexity index is 5640. The van der Waals surface area contributed by atoms with E-state index in [2.05, 4.69) is 88.7 Å². The zero-order valence-electron chi connectivity index (χ0n) is 79.7. The van der Waals surface area contributed by atoms with Gasteiger partial charge in [-0.25, -0.2) is 30.0 Å². The first-order valence-electron chi connectivity index (χ1n) is 41.9. The molecule has 0 spiro atoms. The molecule has 139 heavy (non-hydrogen) atoms. The van der Waals surface area contributed by atoms with E-state index in [0.29, 0.717) is 134 Å². The average Bonchev–Trinajstić information content (AvgIpc) is 0.852. The van der Waals surface area contributed by atoms with Crippen LogP contribution in [0.15, 0.2) is 257 Å². The van der Waals surface area contributed by atoms with Gasteiger partial charge in [0, 0.05) is 114 Å². The molecule has 37 N–H and O–H groups in total. The van der Waals surface area contributed by atoms with Crippen LogP contribution in [-0.4, -0.2) is 196 Å². The smallest absolute Gasteiger partial charge is 0.223 e. The molecule has 0 amide bonds. The Hall–Kier alpha value is -13.2. The number of hydrogen-bond acceptors (Lipinski definition) is 8. The Labute approximate surface area is 863 Å². The van der Waals surface area contributed by atoms with Gasteiger partial charge >= 0.3 is 0 Å². The lowest BCUT2D eigenvalue weighted by Gasteiger charge is -2.19. The van der Waals surface area contributed by atoms with Crippen molar-refractivity contribution in [2.24, 2.45) is 184 Å². The summed E-state index contributed by atoms with van der Waals surface area (Å²) in [7, 11) is 12.5. The summed E-state index contributed by atoms with van der Waals surface area (Å²) < 4.78 is 0. The van der Waals surface area contributed by atoms with E-state index >= 15 is 0 Å². The standard InChI is InChI=1S/C15H23ClN4.C13H20ClN5.C12H17Cl2N5.C12H18ClN5.C11H15Cl2N5.C10H14ClN5.C9H12ClN5.C8H10ClN5/c1-11(2)10-14(17)19-15(18)20(3)9-8-12-6-4-5-7-13(12)16;1-9(2)17-12(15)18-13(16)19(3)8-10-6-4-5-7-11(10)14;1-19(2)12(16)18-11(15)17-6-5-8-3-4-9(13)10(14)7-8;1-8(2)16-11(14)17-12(15)18(3)10-7-5-4-6-9(10)13;1-18(2)11(15)17-10(14)16-6-7-3-4-8(12)9(13)5-7;11-8-4-2-1-3-7(8)5-6-15-10(14)16-9(12)13;10-7-4-2-1-3-6(7)5-14-9(13)15-8(11)12;9-5-3-1-2-4-6(5)13-8(12)14-7(10)11/h4-7,11H,8-10H2,1-3H3,(H3,17,18,19);4-7,9H,8H2,1-3H3,(H4,15,16,17,18);3-4,7H,5-6H2,1-2H3,(H4,15,16,17,18);4-8H,1-3H3,(H4,14,15,16,17);3-5H,6H2,1-2H3,(H4,14,15,16,17);1-4H,5-6H2,(H6,12,13,14,15,16);1-4H,5H2,(H6,11,12,13,14,15);1-4H,(H6,10,11,12,13,14). The molecule has 8 rings (SSSR count). The Morgan fingerprint density at radius 1 is 0.317 bits per heavy atom. The molecule has 754 valence electrons. The predicted molar refractivity (Wildman–Crippen MR) is 594 cm³/mol. The van der Waals surface area contributed by atoms with Crippen molar-refractivity contribution in [1.82, 2.24) is 19.6 Å². The minimum Gasteiger partial charge on any atom is -0.387 e. The molecular weight excluding hydrogens is 1980 g/mol. The molecule has 8 aromatic rings. The first kappa shape index (κ1) is 124. The SMILES string of the molecule is CC(C)CC(N)=NC(=N)N(C)CCc1ccccc1Cl.CC(C)N=C(N)N=C(N)N(C)Cc1ccccc1Cl.CC(C)N=C(N)N=C(N)N(C)c1ccccc1Cl.CN(C)C(N)=NC(N)=NCCc1ccc(Cl)c(Cl)c1.CN(C)C(N)=NC(N)=NCc1ccc(Cl)c(Cl)c1.NC(N)=NC(N)=NCCc1ccccc1Cl.NC(N)=NC(N)=NCc1ccccc1Cl.NC(N)=NC(N)=Nc1ccccc1Cl. The lowest BCUT2D eigenvalue weighted by molar-refractivity contribution is 0.495. The number of nitrogens with one attached hydrogen (secondary N) is 1. The minimum atomic E-state index is -0.140. The molecule has 0 saturated heterocycles. The van der Waals surface area contributed by atoms with Crippen LogP contribution in [0.5, 0.6) is 0 Å². The molecule has 0 aliphatic heterocycles. The Kier molecular flexibility index (Phi) is 60.5. The van der Waals surface area contributed by atoms with Crippen molar-refractivity contribution in [2.45, 2.75) is 98.9 Å². The number of nitrogens with two attached hydrogens (primary N) is 18. The molecule has 0 saturated carbocycles. The third-order valence-corrected chi connectivity index (χ3v) is 20.3. The van der Waals surface area contributed by atoms with Gasteiger partial charge in [0.1, 0.15) is 5.84 Å². The highest BCUT2D eigenvalue weighted by Crippen LogP contribution is 2.28. The molecule has 8 aromatic carbocycles. The van der Waals surface area contributed by atoms with Gasteiger partial charge in [-0.3, -0.25) is 15.4 Å². The number of rotatable bonds is 21. The van der Waals surface area contributed by atoms with Crippen molar-refractivity contribution >= 4 is 223 Å². The fraction of sp³-hybridized carbons (Fsp3) is 0.289. The maximum absolute atomic E-state index is 7.91. The van der Waals surface area contributed by atoms with E-state index in [9.17, 15) is 0 Å². The molecular formula is C90H129Cl10N39. The zero-order chi connectivity index (χ0) is 105. The lowest BCUT2D eigenvalue weighted by Crippen LogP contribution is -2.36. The third-order valence-electron chi connectivity index (χ3n) is 16.7. The second-order valence-corrected chi connectivity index (χ2v) is 34.2. The van der Waals surface area contributed by atoms with Crippen LogP contribution < -0.4 is 108 Å². The quantitative estimate of drug-likeness (QED) is 0.0235. The summed E-state index contributed by atoms with van der Waals surface area (Å²) in [4.78, 5) is 67.5. The van der Waals surface area contributed by atoms with E-state index < -0.39 is 0 Å². The third kappa shape index (κ3) is 56.9. The van der Waals surface area contributed by atoms with Gasteiger partial charge in [0.25, 0.3) is 0 Å². The number of benzene rings is 8.